The highest BCUT2D eigenvalue weighted by molar-refractivity contribution is 7.99. The van der Waals surface area contributed by atoms with Crippen molar-refractivity contribution in [3.63, 3.8) is 0 Å². The molecular weight excluding hydrogens is 330 g/mol. The van der Waals surface area contributed by atoms with Crippen LogP contribution in [-0.2, 0) is 9.53 Å². The van der Waals surface area contributed by atoms with Crippen LogP contribution < -0.4 is 4.74 Å². The van der Waals surface area contributed by atoms with Crippen molar-refractivity contribution >= 4 is 17.7 Å². The molecule has 0 unspecified atom stereocenters. The molecule has 130 valence electrons. The van der Waals surface area contributed by atoms with Crippen LogP contribution in [0.4, 0.5) is 0 Å². The van der Waals surface area contributed by atoms with E-state index in [1.165, 1.54) is 11.8 Å². The van der Waals surface area contributed by atoms with Crippen LogP contribution in [0.2, 0.25) is 0 Å². The van der Waals surface area contributed by atoms with Gasteiger partial charge >= 0.3 is 0 Å². The molecule has 0 aliphatic heterocycles. The molecule has 7 nitrogen and oxygen atoms in total. The summed E-state index contributed by atoms with van der Waals surface area (Å²) in [6.07, 6.45) is 0.811. The van der Waals surface area contributed by atoms with Gasteiger partial charge < -0.3 is 18.8 Å². The van der Waals surface area contributed by atoms with Crippen LogP contribution in [0.1, 0.15) is 6.42 Å². The summed E-state index contributed by atoms with van der Waals surface area (Å²) in [6.45, 7) is 1.30. The van der Waals surface area contributed by atoms with Crippen molar-refractivity contribution < 1.29 is 18.7 Å². The normalized spacial score (nSPS) is 10.6. The first kappa shape index (κ1) is 18.3. The average molecular weight is 351 g/mol. The zero-order valence-corrected chi connectivity index (χ0v) is 14.8. The van der Waals surface area contributed by atoms with Crippen molar-refractivity contribution in [1.82, 2.24) is 15.1 Å². The SMILES string of the molecule is COCCCN(C)C(=O)CSc1nnc(-c2ccc(OC)cc2)o1. The number of rotatable bonds is 9. The molecule has 1 heterocycles. The molecule has 24 heavy (non-hydrogen) atoms. The molecule has 0 saturated carbocycles. The van der Waals surface area contributed by atoms with Gasteiger partial charge in [-0.3, -0.25) is 4.79 Å². The van der Waals surface area contributed by atoms with Gasteiger partial charge in [0.25, 0.3) is 5.22 Å². The number of nitrogens with zero attached hydrogens (tertiary/aromatic N) is 3. The van der Waals surface area contributed by atoms with E-state index in [-0.39, 0.29) is 11.7 Å². The van der Waals surface area contributed by atoms with Gasteiger partial charge in [-0.15, -0.1) is 10.2 Å². The number of carbonyl (C=O) groups is 1. The lowest BCUT2D eigenvalue weighted by molar-refractivity contribution is -0.127. The molecule has 0 aliphatic rings. The first-order valence-corrected chi connectivity index (χ1v) is 8.46. The second-order valence-corrected chi connectivity index (χ2v) is 5.98. The lowest BCUT2D eigenvalue weighted by atomic mass is 10.2. The molecule has 1 amide bonds. The highest BCUT2D eigenvalue weighted by atomic mass is 32.2. The third-order valence-corrected chi connectivity index (χ3v) is 4.13. The van der Waals surface area contributed by atoms with Crippen LogP contribution in [0.3, 0.4) is 0 Å². The second kappa shape index (κ2) is 9.29. The molecule has 1 aromatic heterocycles. The van der Waals surface area contributed by atoms with Crippen LogP contribution in [0.25, 0.3) is 11.5 Å². The molecule has 0 radical (unpaired) electrons. The number of benzene rings is 1. The van der Waals surface area contributed by atoms with Gasteiger partial charge in [0.2, 0.25) is 11.8 Å². The summed E-state index contributed by atoms with van der Waals surface area (Å²) in [6, 6.07) is 7.33. The van der Waals surface area contributed by atoms with E-state index < -0.39 is 0 Å². The molecular formula is C16H21N3O4S. The minimum Gasteiger partial charge on any atom is -0.497 e. The van der Waals surface area contributed by atoms with Crippen molar-refractivity contribution in [2.24, 2.45) is 0 Å². The van der Waals surface area contributed by atoms with Gasteiger partial charge in [0.05, 0.1) is 12.9 Å². The fraction of sp³-hybridized carbons (Fsp3) is 0.438. The number of methoxy groups -OCH3 is 2. The quantitative estimate of drug-likeness (QED) is 0.507. The van der Waals surface area contributed by atoms with E-state index in [1.807, 2.05) is 24.3 Å². The van der Waals surface area contributed by atoms with Gasteiger partial charge in [-0.25, -0.2) is 0 Å². The Bertz CT molecular complexity index is 645. The Morgan fingerprint density at radius 3 is 2.67 bits per heavy atom. The summed E-state index contributed by atoms with van der Waals surface area (Å²) in [5.41, 5.74) is 0.804. The summed E-state index contributed by atoms with van der Waals surface area (Å²) < 4.78 is 15.7. The van der Waals surface area contributed by atoms with Crippen LogP contribution in [-0.4, -0.2) is 61.2 Å². The second-order valence-electron chi connectivity index (χ2n) is 5.05. The van der Waals surface area contributed by atoms with Gasteiger partial charge in [-0.05, 0) is 30.7 Å². The van der Waals surface area contributed by atoms with Crippen molar-refractivity contribution in [3.8, 4) is 17.2 Å². The zero-order valence-electron chi connectivity index (χ0n) is 14.0. The van der Waals surface area contributed by atoms with Crippen molar-refractivity contribution in [2.75, 3.05) is 40.2 Å². The highest BCUT2D eigenvalue weighted by Crippen LogP contribution is 2.24. The van der Waals surface area contributed by atoms with E-state index in [0.29, 0.717) is 24.3 Å². The number of ether oxygens (including phenoxy) is 2. The number of amides is 1. The van der Waals surface area contributed by atoms with Gasteiger partial charge in [0.1, 0.15) is 5.75 Å². The fourth-order valence-corrected chi connectivity index (χ4v) is 2.63. The summed E-state index contributed by atoms with van der Waals surface area (Å²) >= 11 is 1.23. The number of aromatic nitrogens is 2. The Hall–Kier alpha value is -2.06. The third-order valence-electron chi connectivity index (χ3n) is 3.33. The van der Waals surface area contributed by atoms with Crippen molar-refractivity contribution in [3.05, 3.63) is 24.3 Å². The minimum absolute atomic E-state index is 0.0142. The molecule has 1 aromatic carbocycles. The third kappa shape index (κ3) is 5.24. The van der Waals surface area contributed by atoms with E-state index in [0.717, 1.165) is 17.7 Å². The van der Waals surface area contributed by atoms with E-state index in [9.17, 15) is 4.79 Å². The molecule has 0 spiro atoms. The molecule has 0 atom stereocenters. The van der Waals surface area contributed by atoms with Gasteiger partial charge in [0.15, 0.2) is 0 Å². The average Bonchev–Trinajstić information content (AvgIpc) is 3.08. The van der Waals surface area contributed by atoms with Gasteiger partial charge in [-0.1, -0.05) is 11.8 Å². The predicted octanol–water partition coefficient (Wildman–Crippen LogP) is 2.33. The largest absolute Gasteiger partial charge is 0.497 e. The van der Waals surface area contributed by atoms with Crippen LogP contribution in [0.5, 0.6) is 5.75 Å². The summed E-state index contributed by atoms with van der Waals surface area (Å²) in [5.74, 6) is 1.45. The van der Waals surface area contributed by atoms with Gasteiger partial charge in [-0.2, -0.15) is 0 Å². The predicted molar refractivity (Wildman–Crippen MR) is 91.1 cm³/mol. The molecule has 0 saturated heterocycles. The fourth-order valence-electron chi connectivity index (χ4n) is 1.92. The molecule has 0 bridgehead atoms. The molecule has 2 rings (SSSR count). The van der Waals surface area contributed by atoms with Crippen LogP contribution in [0.15, 0.2) is 33.9 Å². The minimum atomic E-state index is 0.0142. The number of thioether (sulfide) groups is 1. The van der Waals surface area contributed by atoms with Crippen molar-refractivity contribution in [2.45, 2.75) is 11.6 Å². The van der Waals surface area contributed by atoms with E-state index >= 15 is 0 Å². The lowest BCUT2D eigenvalue weighted by Crippen LogP contribution is -2.29. The first-order valence-electron chi connectivity index (χ1n) is 7.47. The van der Waals surface area contributed by atoms with Crippen molar-refractivity contribution in [1.29, 1.82) is 0 Å². The summed E-state index contributed by atoms with van der Waals surface area (Å²) in [7, 11) is 5.03. The lowest BCUT2D eigenvalue weighted by Gasteiger charge is -2.15. The topological polar surface area (TPSA) is 77.7 Å². The maximum absolute atomic E-state index is 12.0. The summed E-state index contributed by atoms with van der Waals surface area (Å²) in [4.78, 5) is 13.7. The molecule has 0 fully saturated rings. The maximum atomic E-state index is 12.0. The monoisotopic (exact) mass is 351 g/mol. The van der Waals surface area contributed by atoms with Gasteiger partial charge in [0, 0.05) is 32.9 Å². The number of hydrogen-bond acceptors (Lipinski definition) is 7. The van der Waals surface area contributed by atoms with Crippen LogP contribution >= 0.6 is 11.8 Å². The Morgan fingerprint density at radius 1 is 1.25 bits per heavy atom. The molecule has 8 heteroatoms. The van der Waals surface area contributed by atoms with Crippen LogP contribution in [0, 0.1) is 0 Å². The zero-order chi connectivity index (χ0) is 17.4. The standard InChI is InChI=1S/C16H21N3O4S/c1-19(9-4-10-21-2)14(20)11-24-16-18-17-15(23-16)12-5-7-13(22-3)8-6-12/h5-8H,4,9-11H2,1-3H3. The molecule has 0 aliphatic carbocycles. The number of carbonyl (C=O) groups excluding carboxylic acids is 1. The van der Waals surface area contributed by atoms with E-state index in [1.54, 1.807) is 26.2 Å². The Labute approximate surface area is 145 Å². The Morgan fingerprint density at radius 2 is 2.00 bits per heavy atom. The molecule has 2 aromatic rings. The summed E-state index contributed by atoms with van der Waals surface area (Å²) in [5, 5.41) is 8.35. The smallest absolute Gasteiger partial charge is 0.277 e. The maximum Gasteiger partial charge on any atom is 0.277 e. The molecule has 0 N–H and O–H groups in total. The highest BCUT2D eigenvalue weighted by Gasteiger charge is 2.13. The first-order chi connectivity index (χ1) is 11.6. The number of hydrogen-bond donors (Lipinski definition) is 0. The Balaban J connectivity index is 1.85. The Kier molecular flexibility index (Phi) is 7.07. The van der Waals surface area contributed by atoms with E-state index in [4.69, 9.17) is 13.9 Å². The van der Waals surface area contributed by atoms with E-state index in [2.05, 4.69) is 10.2 Å².